The summed E-state index contributed by atoms with van der Waals surface area (Å²) in [7, 11) is 3.69. The normalized spacial score (nSPS) is 19.3. The molecule has 2 unspecified atom stereocenters. The van der Waals surface area contributed by atoms with Crippen LogP contribution in [-0.2, 0) is 16.1 Å². The number of aryl methyl sites for hydroxylation is 2. The fourth-order valence-corrected chi connectivity index (χ4v) is 8.95. The fraction of sp³-hybridized carbons (Fsp3) is 0.419. The van der Waals surface area contributed by atoms with E-state index in [1.165, 1.54) is 24.1 Å². The van der Waals surface area contributed by atoms with Crippen LogP contribution in [0.3, 0.4) is 0 Å². The molecule has 2 atom stereocenters. The van der Waals surface area contributed by atoms with Crippen LogP contribution in [0.15, 0.2) is 54.7 Å². The highest BCUT2D eigenvalue weighted by Crippen LogP contribution is 2.33. The Kier molecular flexibility index (Phi) is 10.6. The predicted molar refractivity (Wildman–Crippen MR) is 217 cm³/mol. The molecular weight excluding hydrogens is 723 g/mol. The molecule has 14 nitrogen and oxygen atoms in total. The van der Waals surface area contributed by atoms with Crippen molar-refractivity contribution < 1.29 is 24.0 Å². The van der Waals surface area contributed by atoms with E-state index in [9.17, 15) is 24.0 Å². The number of aldehydes is 1. The van der Waals surface area contributed by atoms with E-state index in [1.807, 2.05) is 41.9 Å². The molecule has 3 aromatic heterocycles. The van der Waals surface area contributed by atoms with Crippen LogP contribution in [0.2, 0.25) is 0 Å². The van der Waals surface area contributed by atoms with E-state index >= 15 is 0 Å². The van der Waals surface area contributed by atoms with Crippen LogP contribution in [0, 0.1) is 12.8 Å². The SMILES string of the molecule is Cc1nn(CCCC2CCN(c3cccc(C(=O)N(C)C4CCC(=O)NC4=O)c3C=O)CC2)c2cc(C(=O)Nc3cc4[nH]c(C5CCCN5C)cc4cn3)ccc12. The van der Waals surface area contributed by atoms with Gasteiger partial charge in [0.2, 0.25) is 11.8 Å². The highest BCUT2D eigenvalue weighted by molar-refractivity contribution is 6.08. The second-order valence-electron chi connectivity index (χ2n) is 15.8. The second-order valence-corrected chi connectivity index (χ2v) is 15.8. The van der Waals surface area contributed by atoms with Crippen LogP contribution in [0.1, 0.15) is 99.9 Å². The molecule has 3 N–H and O–H groups in total. The van der Waals surface area contributed by atoms with Crippen LogP contribution in [0.5, 0.6) is 0 Å². The Morgan fingerprint density at radius 3 is 2.61 bits per heavy atom. The third-order valence-electron chi connectivity index (χ3n) is 12.2. The number of H-pyrrole nitrogens is 1. The van der Waals surface area contributed by atoms with E-state index in [4.69, 9.17) is 5.10 Å². The Morgan fingerprint density at radius 2 is 1.86 bits per heavy atom. The third-order valence-corrected chi connectivity index (χ3v) is 12.2. The summed E-state index contributed by atoms with van der Waals surface area (Å²) in [5.74, 6) is -0.511. The van der Waals surface area contributed by atoms with Crippen molar-refractivity contribution in [3.63, 3.8) is 0 Å². The molecule has 3 fully saturated rings. The van der Waals surface area contributed by atoms with E-state index in [2.05, 4.69) is 43.5 Å². The average Bonchev–Trinajstić information content (AvgIpc) is 3.93. The van der Waals surface area contributed by atoms with Gasteiger partial charge in [0.1, 0.15) is 11.9 Å². The number of aromatic nitrogens is 4. The van der Waals surface area contributed by atoms with Gasteiger partial charge >= 0.3 is 0 Å². The predicted octanol–water partition coefficient (Wildman–Crippen LogP) is 5.63. The number of likely N-dealkylation sites (N-methyl/N-ethyl adjacent to an activating group) is 1. The number of fused-ring (bicyclic) bond motifs is 2. The van der Waals surface area contributed by atoms with Gasteiger partial charge in [0.25, 0.3) is 11.8 Å². The van der Waals surface area contributed by atoms with Gasteiger partial charge in [-0.2, -0.15) is 5.10 Å². The number of nitrogens with one attached hydrogen (secondary N) is 3. The number of hydrogen-bond acceptors (Lipinski definition) is 9. The largest absolute Gasteiger partial charge is 0.371 e. The smallest absolute Gasteiger partial charge is 0.256 e. The molecule has 0 aliphatic carbocycles. The summed E-state index contributed by atoms with van der Waals surface area (Å²) in [6, 6.07) is 14.6. The molecule has 0 radical (unpaired) electrons. The molecule has 296 valence electrons. The van der Waals surface area contributed by atoms with E-state index in [0.29, 0.717) is 34.6 Å². The summed E-state index contributed by atoms with van der Waals surface area (Å²) in [6.07, 6.45) is 9.06. The third kappa shape index (κ3) is 7.65. The monoisotopic (exact) mass is 771 g/mol. The van der Waals surface area contributed by atoms with Gasteiger partial charge in [-0.05, 0) is 102 Å². The number of hydrogen-bond donors (Lipinski definition) is 3. The number of imide groups is 1. The number of carbonyl (C=O) groups excluding carboxylic acids is 5. The lowest BCUT2D eigenvalue weighted by atomic mass is 9.91. The van der Waals surface area contributed by atoms with Crippen molar-refractivity contribution in [2.24, 2.45) is 5.92 Å². The maximum atomic E-state index is 13.5. The molecule has 3 aliphatic rings. The number of aromatic amines is 1. The van der Waals surface area contributed by atoms with Gasteiger partial charge in [-0.3, -0.25) is 38.9 Å². The summed E-state index contributed by atoms with van der Waals surface area (Å²) >= 11 is 0. The maximum absolute atomic E-state index is 13.5. The zero-order chi connectivity index (χ0) is 39.8. The van der Waals surface area contributed by atoms with E-state index in [0.717, 1.165) is 92.1 Å². The number of rotatable bonds is 11. The van der Waals surface area contributed by atoms with Gasteiger partial charge < -0.3 is 20.1 Å². The molecule has 5 aromatic rings. The molecule has 0 spiro atoms. The van der Waals surface area contributed by atoms with E-state index < -0.39 is 17.9 Å². The standard InChI is InChI=1S/C43H49N9O5/c1-26-30-12-11-28(41(55)46-39-23-33-29(24-44-39)21-34(45-33)36-10-6-17-49(36)2)22-38(30)52(48-26)18-5-7-27-15-19-51(20-16-27)35-9-4-8-31(32(35)25-53)43(57)50(3)37-13-14-40(54)47-42(37)56/h4,8-9,11-12,21-25,27,36-37,45H,5-7,10,13-20H2,1-3H3,(H,44,46,55)(H,47,54,56). The van der Waals surface area contributed by atoms with E-state index in [1.54, 1.807) is 18.3 Å². The van der Waals surface area contributed by atoms with Crippen molar-refractivity contribution in [3.8, 4) is 0 Å². The topological polar surface area (TPSA) is 166 Å². The second kappa shape index (κ2) is 15.9. The Morgan fingerprint density at radius 1 is 1.04 bits per heavy atom. The van der Waals surface area contributed by atoms with Crippen molar-refractivity contribution in [1.82, 2.24) is 34.9 Å². The van der Waals surface area contributed by atoms with Crippen molar-refractivity contribution in [1.29, 1.82) is 0 Å². The zero-order valence-electron chi connectivity index (χ0n) is 32.7. The van der Waals surface area contributed by atoms with Crippen LogP contribution in [-0.4, -0.2) is 99.2 Å². The average molecular weight is 772 g/mol. The number of anilines is 2. The summed E-state index contributed by atoms with van der Waals surface area (Å²) < 4.78 is 2.01. The maximum Gasteiger partial charge on any atom is 0.256 e. The first-order chi connectivity index (χ1) is 27.6. The minimum absolute atomic E-state index is 0.159. The molecule has 3 saturated heterocycles. The molecule has 0 saturated carbocycles. The first-order valence-corrected chi connectivity index (χ1v) is 20.0. The number of nitrogens with zero attached hydrogens (tertiary/aromatic N) is 6. The summed E-state index contributed by atoms with van der Waals surface area (Å²) in [5, 5.41) is 12.2. The lowest BCUT2D eigenvalue weighted by molar-refractivity contribution is -0.136. The molecule has 2 aromatic carbocycles. The number of amides is 4. The molecule has 8 rings (SSSR count). The van der Waals surface area contributed by atoms with Gasteiger partial charge in [0.15, 0.2) is 6.29 Å². The van der Waals surface area contributed by atoms with Gasteiger partial charge in [-0.25, -0.2) is 4.98 Å². The molecule has 0 bridgehead atoms. The quantitative estimate of drug-likeness (QED) is 0.114. The zero-order valence-corrected chi connectivity index (χ0v) is 32.7. The van der Waals surface area contributed by atoms with Crippen molar-refractivity contribution in [2.75, 3.05) is 43.9 Å². The molecular formula is C43H49N9O5. The van der Waals surface area contributed by atoms with Crippen molar-refractivity contribution in [2.45, 2.75) is 76.9 Å². The molecule has 57 heavy (non-hydrogen) atoms. The van der Waals surface area contributed by atoms with Crippen molar-refractivity contribution >= 4 is 63.2 Å². The number of likely N-dealkylation sites (tertiary alicyclic amines) is 1. The van der Waals surface area contributed by atoms with Crippen LogP contribution < -0.4 is 15.5 Å². The summed E-state index contributed by atoms with van der Waals surface area (Å²) in [5.41, 5.74) is 5.79. The van der Waals surface area contributed by atoms with Crippen LogP contribution >= 0.6 is 0 Å². The summed E-state index contributed by atoms with van der Waals surface area (Å²) in [4.78, 5) is 77.4. The first kappa shape index (κ1) is 38.0. The summed E-state index contributed by atoms with van der Waals surface area (Å²) in [6.45, 7) is 5.30. The van der Waals surface area contributed by atoms with Gasteiger partial charge in [0, 0.05) is 79.1 Å². The van der Waals surface area contributed by atoms with Gasteiger partial charge in [0.05, 0.1) is 27.9 Å². The number of piperidine rings is 2. The minimum Gasteiger partial charge on any atom is -0.371 e. The number of carbonyl (C=O) groups is 5. The van der Waals surface area contributed by atoms with Crippen LogP contribution in [0.4, 0.5) is 11.5 Å². The first-order valence-electron chi connectivity index (χ1n) is 20.0. The molecule has 4 amide bonds. The number of pyridine rings is 1. The Labute approximate surface area is 331 Å². The Balaban J connectivity index is 0.871. The fourth-order valence-electron chi connectivity index (χ4n) is 8.95. The lowest BCUT2D eigenvalue weighted by Crippen LogP contribution is -2.53. The highest BCUT2D eigenvalue weighted by Gasteiger charge is 2.34. The molecule has 3 aliphatic heterocycles. The van der Waals surface area contributed by atoms with Gasteiger partial charge in [-0.1, -0.05) is 12.1 Å². The number of benzene rings is 2. The van der Waals surface area contributed by atoms with Gasteiger partial charge in [-0.15, -0.1) is 0 Å². The van der Waals surface area contributed by atoms with Crippen molar-refractivity contribution in [3.05, 3.63) is 82.8 Å². The molecule has 14 heteroatoms. The minimum atomic E-state index is -0.772. The molecule has 6 heterocycles. The van der Waals surface area contributed by atoms with E-state index in [-0.39, 0.29) is 30.2 Å². The van der Waals surface area contributed by atoms with Crippen LogP contribution in [0.25, 0.3) is 21.8 Å². The highest BCUT2D eigenvalue weighted by atomic mass is 16.2. The lowest BCUT2D eigenvalue weighted by Gasteiger charge is -2.35. The Bertz CT molecular complexity index is 2380. The Hall–Kier alpha value is -5.89.